The van der Waals surface area contributed by atoms with Crippen molar-refractivity contribution in [2.45, 2.75) is 49.0 Å². The maximum atomic E-state index is 12.7. The second-order valence-electron chi connectivity index (χ2n) is 7.04. The van der Waals surface area contributed by atoms with Gasteiger partial charge in [0.25, 0.3) is 0 Å². The number of carboxylic acids is 1. The zero-order valence-corrected chi connectivity index (χ0v) is 15.7. The molecule has 1 heterocycles. The first-order chi connectivity index (χ1) is 12.4. The average Bonchev–Trinajstić information content (AvgIpc) is 3.04. The van der Waals surface area contributed by atoms with Gasteiger partial charge in [-0.1, -0.05) is 19.3 Å². The van der Waals surface area contributed by atoms with E-state index >= 15 is 0 Å². The number of nitrogens with zero attached hydrogens (tertiary/aromatic N) is 1. The van der Waals surface area contributed by atoms with Crippen LogP contribution in [0, 0.1) is 5.92 Å². The molecule has 26 heavy (non-hydrogen) atoms. The van der Waals surface area contributed by atoms with Gasteiger partial charge in [-0.15, -0.1) is 11.8 Å². The van der Waals surface area contributed by atoms with Gasteiger partial charge in [-0.25, -0.2) is 4.79 Å². The zero-order valence-electron chi connectivity index (χ0n) is 14.9. The number of anilines is 1. The number of benzene rings is 1. The standard InChI is InChI=1S/C19H24N2O4S/c1-26-15-7-5-14(6-8-15)21-12-13(11-16(21)22)17(23)20-19(18(24)25)9-3-2-4-10-19/h5-8,13H,2-4,9-12H2,1H3,(H,20,23)(H,24,25). The number of carbonyl (C=O) groups excluding carboxylic acids is 2. The number of carbonyl (C=O) groups is 3. The molecule has 2 N–H and O–H groups in total. The molecule has 6 nitrogen and oxygen atoms in total. The van der Waals surface area contributed by atoms with Crippen LogP contribution >= 0.6 is 11.8 Å². The van der Waals surface area contributed by atoms with Crippen molar-refractivity contribution in [3.8, 4) is 0 Å². The zero-order chi connectivity index (χ0) is 18.7. The number of hydrogen-bond acceptors (Lipinski definition) is 4. The Morgan fingerprint density at radius 1 is 1.19 bits per heavy atom. The van der Waals surface area contributed by atoms with E-state index in [4.69, 9.17) is 0 Å². The molecule has 2 amide bonds. The number of rotatable bonds is 5. The van der Waals surface area contributed by atoms with E-state index < -0.39 is 17.4 Å². The van der Waals surface area contributed by atoms with E-state index in [9.17, 15) is 19.5 Å². The van der Waals surface area contributed by atoms with Crippen LogP contribution in [0.1, 0.15) is 38.5 Å². The van der Waals surface area contributed by atoms with Gasteiger partial charge in [-0.3, -0.25) is 9.59 Å². The molecule has 2 aliphatic rings. The maximum Gasteiger partial charge on any atom is 0.329 e. The third kappa shape index (κ3) is 3.72. The molecule has 1 unspecified atom stereocenters. The lowest BCUT2D eigenvalue weighted by atomic mass is 9.81. The van der Waals surface area contributed by atoms with Crippen LogP contribution < -0.4 is 10.2 Å². The highest BCUT2D eigenvalue weighted by molar-refractivity contribution is 7.98. The highest BCUT2D eigenvalue weighted by atomic mass is 32.2. The molecular weight excluding hydrogens is 352 g/mol. The predicted octanol–water partition coefficient (Wildman–Crippen LogP) is 2.67. The first kappa shape index (κ1) is 18.8. The average molecular weight is 376 g/mol. The number of nitrogens with one attached hydrogen (secondary N) is 1. The minimum atomic E-state index is -1.17. The van der Waals surface area contributed by atoms with E-state index in [0.29, 0.717) is 19.4 Å². The SMILES string of the molecule is CSc1ccc(N2CC(C(=O)NC3(C(=O)O)CCCCC3)CC2=O)cc1. The number of aliphatic carboxylic acids is 1. The molecule has 2 fully saturated rings. The molecule has 1 saturated carbocycles. The van der Waals surface area contributed by atoms with Crippen LogP contribution in [-0.4, -0.2) is 41.2 Å². The van der Waals surface area contributed by atoms with E-state index in [0.717, 1.165) is 29.8 Å². The number of hydrogen-bond donors (Lipinski definition) is 2. The fourth-order valence-corrected chi connectivity index (χ4v) is 4.19. The van der Waals surface area contributed by atoms with Gasteiger partial charge in [0.05, 0.1) is 5.92 Å². The summed E-state index contributed by atoms with van der Waals surface area (Å²) in [5, 5.41) is 12.4. The largest absolute Gasteiger partial charge is 0.480 e. The van der Waals surface area contributed by atoms with Gasteiger partial charge >= 0.3 is 5.97 Å². The fraction of sp³-hybridized carbons (Fsp3) is 0.526. The molecule has 0 spiro atoms. The molecule has 0 bridgehead atoms. The lowest BCUT2D eigenvalue weighted by molar-refractivity contribution is -0.149. The van der Waals surface area contributed by atoms with Gasteiger partial charge in [0.2, 0.25) is 11.8 Å². The van der Waals surface area contributed by atoms with Gasteiger partial charge < -0.3 is 15.3 Å². The molecule has 1 aromatic carbocycles. The second-order valence-corrected chi connectivity index (χ2v) is 7.92. The monoisotopic (exact) mass is 376 g/mol. The smallest absolute Gasteiger partial charge is 0.329 e. The summed E-state index contributed by atoms with van der Waals surface area (Å²) in [4.78, 5) is 39.5. The van der Waals surface area contributed by atoms with Crippen molar-refractivity contribution in [2.75, 3.05) is 17.7 Å². The van der Waals surface area contributed by atoms with Crippen LogP contribution in [0.2, 0.25) is 0 Å². The first-order valence-corrected chi connectivity index (χ1v) is 10.2. The quantitative estimate of drug-likeness (QED) is 0.772. The first-order valence-electron chi connectivity index (χ1n) is 8.95. The number of thioether (sulfide) groups is 1. The van der Waals surface area contributed by atoms with Gasteiger partial charge in [0.1, 0.15) is 5.54 Å². The van der Waals surface area contributed by atoms with Crippen LogP contribution in [0.5, 0.6) is 0 Å². The van der Waals surface area contributed by atoms with Crippen LogP contribution in [0.3, 0.4) is 0 Å². The van der Waals surface area contributed by atoms with Crippen molar-refractivity contribution in [1.82, 2.24) is 5.32 Å². The van der Waals surface area contributed by atoms with Crippen molar-refractivity contribution < 1.29 is 19.5 Å². The Kier molecular flexibility index (Phi) is 5.55. The summed E-state index contributed by atoms with van der Waals surface area (Å²) in [5.74, 6) is -1.92. The number of carboxylic acid groups (broad SMARTS) is 1. The Morgan fingerprint density at radius 2 is 1.85 bits per heavy atom. The Morgan fingerprint density at radius 3 is 2.42 bits per heavy atom. The Bertz CT molecular complexity index is 698. The van der Waals surface area contributed by atoms with Gasteiger partial charge in [-0.05, 0) is 43.4 Å². The summed E-state index contributed by atoms with van der Waals surface area (Å²) >= 11 is 1.62. The second kappa shape index (κ2) is 7.70. The lowest BCUT2D eigenvalue weighted by Crippen LogP contribution is -2.57. The molecule has 0 aromatic heterocycles. The summed E-state index contributed by atoms with van der Waals surface area (Å²) < 4.78 is 0. The third-order valence-electron chi connectivity index (χ3n) is 5.36. The van der Waals surface area contributed by atoms with Gasteiger partial charge in [0, 0.05) is 23.5 Å². The molecule has 1 saturated heterocycles. The molecule has 1 aliphatic carbocycles. The van der Waals surface area contributed by atoms with Crippen LogP contribution in [0.25, 0.3) is 0 Å². The van der Waals surface area contributed by atoms with E-state index in [1.807, 2.05) is 30.5 Å². The van der Waals surface area contributed by atoms with E-state index in [1.165, 1.54) is 0 Å². The molecule has 140 valence electrons. The third-order valence-corrected chi connectivity index (χ3v) is 6.10. The van der Waals surface area contributed by atoms with Gasteiger partial charge in [-0.2, -0.15) is 0 Å². The van der Waals surface area contributed by atoms with Crippen LogP contribution in [0.4, 0.5) is 5.69 Å². The summed E-state index contributed by atoms with van der Waals surface area (Å²) in [6.45, 7) is 0.291. The van der Waals surface area contributed by atoms with Crippen molar-refractivity contribution >= 4 is 35.2 Å². The lowest BCUT2D eigenvalue weighted by Gasteiger charge is -2.34. The Balaban J connectivity index is 1.69. The van der Waals surface area contributed by atoms with Crippen molar-refractivity contribution in [3.63, 3.8) is 0 Å². The van der Waals surface area contributed by atoms with E-state index in [1.54, 1.807) is 16.7 Å². The predicted molar refractivity (Wildman–Crippen MR) is 100 cm³/mol. The summed E-state index contributed by atoms with van der Waals surface area (Å²) in [5.41, 5.74) is -0.403. The summed E-state index contributed by atoms with van der Waals surface area (Å²) in [6.07, 6.45) is 5.59. The minimum absolute atomic E-state index is 0.102. The summed E-state index contributed by atoms with van der Waals surface area (Å²) in [7, 11) is 0. The van der Waals surface area contributed by atoms with Crippen molar-refractivity contribution in [1.29, 1.82) is 0 Å². The molecule has 3 rings (SSSR count). The molecule has 1 atom stereocenters. The van der Waals surface area contributed by atoms with Crippen LogP contribution in [-0.2, 0) is 14.4 Å². The molecular formula is C19H24N2O4S. The minimum Gasteiger partial charge on any atom is -0.480 e. The van der Waals surface area contributed by atoms with Gasteiger partial charge in [0.15, 0.2) is 0 Å². The molecule has 1 aromatic rings. The normalized spacial score (nSPS) is 22.3. The van der Waals surface area contributed by atoms with Crippen LogP contribution in [0.15, 0.2) is 29.2 Å². The van der Waals surface area contributed by atoms with Crippen molar-refractivity contribution in [2.24, 2.45) is 5.92 Å². The Hall–Kier alpha value is -2.02. The molecule has 1 aliphatic heterocycles. The molecule has 0 radical (unpaired) electrons. The highest BCUT2D eigenvalue weighted by Crippen LogP contribution is 2.31. The van der Waals surface area contributed by atoms with E-state index in [2.05, 4.69) is 5.32 Å². The fourth-order valence-electron chi connectivity index (χ4n) is 3.78. The van der Waals surface area contributed by atoms with E-state index in [-0.39, 0.29) is 18.2 Å². The summed E-state index contributed by atoms with van der Waals surface area (Å²) in [6, 6.07) is 7.65. The maximum absolute atomic E-state index is 12.7. The molecule has 7 heteroatoms. The number of amides is 2. The van der Waals surface area contributed by atoms with Crippen molar-refractivity contribution in [3.05, 3.63) is 24.3 Å². The topological polar surface area (TPSA) is 86.7 Å². The Labute approximate surface area is 157 Å². The highest BCUT2D eigenvalue weighted by Gasteiger charge is 2.44.